The molecule has 0 bridgehead atoms. The highest BCUT2D eigenvalue weighted by molar-refractivity contribution is 7.99. The monoisotopic (exact) mass is 607 g/mol. The third-order valence-corrected chi connectivity index (χ3v) is 10.1. The van der Waals surface area contributed by atoms with Gasteiger partial charge in [-0.15, -0.1) is 0 Å². The van der Waals surface area contributed by atoms with E-state index in [0.717, 1.165) is 39.2 Å². The van der Waals surface area contributed by atoms with Crippen molar-refractivity contribution in [2.24, 2.45) is 0 Å². The first-order valence-corrected chi connectivity index (χ1v) is 16.2. The van der Waals surface area contributed by atoms with Crippen molar-refractivity contribution in [3.05, 3.63) is 156 Å². The second kappa shape index (κ2) is 11.1. The molecule has 218 valence electrons. The molecule has 0 amide bonds. The van der Waals surface area contributed by atoms with Crippen LogP contribution in [0.3, 0.4) is 0 Å². The third-order valence-electron chi connectivity index (χ3n) is 8.97. The quantitative estimate of drug-likeness (QED) is 0.200. The van der Waals surface area contributed by atoms with Gasteiger partial charge in [0, 0.05) is 31.9 Å². The Morgan fingerprint density at radius 3 is 2.00 bits per heavy atom. The Balaban J connectivity index is 1.28. The predicted octanol–water partition coefficient (Wildman–Crippen LogP) is 11.0. The smallest absolute Gasteiger partial charge is 0.160 e. The number of fused-ring (bicyclic) bond motifs is 3. The van der Waals surface area contributed by atoms with E-state index >= 15 is 0 Å². The average molecular weight is 608 g/mol. The van der Waals surface area contributed by atoms with Gasteiger partial charge in [0.2, 0.25) is 0 Å². The zero-order valence-electron chi connectivity index (χ0n) is 25.5. The van der Waals surface area contributed by atoms with Crippen molar-refractivity contribution < 1.29 is 0 Å². The van der Waals surface area contributed by atoms with Crippen LogP contribution >= 0.6 is 11.8 Å². The summed E-state index contributed by atoms with van der Waals surface area (Å²) in [6, 6.07) is 50.9. The number of nitriles is 1. The summed E-state index contributed by atoms with van der Waals surface area (Å²) in [4.78, 5) is 12.7. The third kappa shape index (κ3) is 4.86. The lowest BCUT2D eigenvalue weighted by Gasteiger charge is -2.35. The number of aromatic nitrogens is 2. The number of hydrogen-bond acceptors (Lipinski definition) is 4. The Bertz CT molecular complexity index is 2330. The number of benzene rings is 6. The summed E-state index contributed by atoms with van der Waals surface area (Å²) >= 11 is 1.78. The number of hydrogen-bond donors (Lipinski definition) is 0. The maximum Gasteiger partial charge on any atom is 0.160 e. The standard InChI is InChI=1S/C42H29N3S/c1-42(2)35-22-27(26-43)16-20-39(35)46-40-21-19-31(24-36(40)42)33-14-8-9-15-34(33)38-25-37(44-41(45-38)29-11-4-3-5-12-29)32-18-17-28-10-6-7-13-30(28)23-32/h3-25H,1-2H3. The summed E-state index contributed by atoms with van der Waals surface area (Å²) in [5, 5.41) is 12.0. The van der Waals surface area contributed by atoms with Crippen molar-refractivity contribution in [1.29, 1.82) is 5.26 Å². The van der Waals surface area contributed by atoms with Gasteiger partial charge in [0.25, 0.3) is 0 Å². The second-order valence-corrected chi connectivity index (χ2v) is 13.3. The van der Waals surface area contributed by atoms with Crippen LogP contribution in [0.2, 0.25) is 0 Å². The molecule has 4 heteroatoms. The van der Waals surface area contributed by atoms with Crippen LogP contribution in [0.5, 0.6) is 0 Å². The molecule has 0 aliphatic carbocycles. The van der Waals surface area contributed by atoms with Gasteiger partial charge in [0.15, 0.2) is 5.82 Å². The summed E-state index contributed by atoms with van der Waals surface area (Å²) in [6.07, 6.45) is 0. The highest BCUT2D eigenvalue weighted by Crippen LogP contribution is 2.50. The number of nitrogens with zero attached hydrogens (tertiary/aromatic N) is 3. The summed E-state index contributed by atoms with van der Waals surface area (Å²) < 4.78 is 0. The summed E-state index contributed by atoms with van der Waals surface area (Å²) in [5.41, 5.74) is 9.99. The predicted molar refractivity (Wildman–Crippen MR) is 189 cm³/mol. The van der Waals surface area contributed by atoms with E-state index < -0.39 is 0 Å². The molecule has 0 N–H and O–H groups in total. The topological polar surface area (TPSA) is 49.6 Å². The van der Waals surface area contributed by atoms with Gasteiger partial charge in [-0.05, 0) is 75.5 Å². The van der Waals surface area contributed by atoms with E-state index in [-0.39, 0.29) is 5.41 Å². The van der Waals surface area contributed by atoms with Gasteiger partial charge in [-0.1, -0.05) is 123 Å². The highest BCUT2D eigenvalue weighted by Gasteiger charge is 2.33. The van der Waals surface area contributed by atoms with Crippen molar-refractivity contribution in [3.63, 3.8) is 0 Å². The lowest BCUT2D eigenvalue weighted by molar-refractivity contribution is 0.607. The highest BCUT2D eigenvalue weighted by atomic mass is 32.2. The molecule has 46 heavy (non-hydrogen) atoms. The molecule has 2 heterocycles. The average Bonchev–Trinajstić information content (AvgIpc) is 3.11. The first-order valence-electron chi connectivity index (χ1n) is 15.4. The van der Waals surface area contributed by atoms with Gasteiger partial charge >= 0.3 is 0 Å². The van der Waals surface area contributed by atoms with Gasteiger partial charge in [0.1, 0.15) is 0 Å². The molecule has 1 aromatic heterocycles. The van der Waals surface area contributed by atoms with E-state index in [1.54, 1.807) is 11.8 Å². The van der Waals surface area contributed by atoms with Crippen LogP contribution in [0.15, 0.2) is 149 Å². The van der Waals surface area contributed by atoms with Crippen molar-refractivity contribution in [3.8, 4) is 51.1 Å². The Kier molecular flexibility index (Phi) is 6.78. The minimum absolute atomic E-state index is 0.258. The summed E-state index contributed by atoms with van der Waals surface area (Å²) in [5.74, 6) is 0.698. The SMILES string of the molecule is CC1(C)c2cc(C#N)ccc2Sc2ccc(-c3ccccc3-c3cc(-c4ccc5ccccc5c4)nc(-c4ccccc4)n3)cc21. The van der Waals surface area contributed by atoms with Crippen molar-refractivity contribution >= 4 is 22.5 Å². The molecule has 6 aromatic carbocycles. The second-order valence-electron chi connectivity index (χ2n) is 12.2. The maximum absolute atomic E-state index is 9.60. The Labute approximate surface area is 273 Å². The molecule has 3 nitrogen and oxygen atoms in total. The minimum atomic E-state index is -0.258. The van der Waals surface area contributed by atoms with Crippen LogP contribution < -0.4 is 0 Å². The van der Waals surface area contributed by atoms with Crippen LogP contribution in [0, 0.1) is 11.3 Å². The van der Waals surface area contributed by atoms with Crippen LogP contribution in [0.4, 0.5) is 0 Å². The molecule has 0 saturated heterocycles. The van der Waals surface area contributed by atoms with Gasteiger partial charge in [-0.2, -0.15) is 5.26 Å². The van der Waals surface area contributed by atoms with E-state index in [0.29, 0.717) is 11.4 Å². The van der Waals surface area contributed by atoms with E-state index in [4.69, 9.17) is 9.97 Å². The molecule has 0 atom stereocenters. The van der Waals surface area contributed by atoms with Crippen molar-refractivity contribution in [2.45, 2.75) is 29.1 Å². The van der Waals surface area contributed by atoms with E-state index in [2.05, 4.69) is 129 Å². The number of rotatable bonds is 4. The molecular formula is C42H29N3S. The summed E-state index contributed by atoms with van der Waals surface area (Å²) in [6.45, 7) is 4.52. The Morgan fingerprint density at radius 2 is 1.20 bits per heavy atom. The zero-order valence-corrected chi connectivity index (χ0v) is 26.3. The minimum Gasteiger partial charge on any atom is -0.228 e. The molecule has 0 radical (unpaired) electrons. The molecule has 8 rings (SSSR count). The van der Waals surface area contributed by atoms with E-state index in [1.165, 1.54) is 31.7 Å². The van der Waals surface area contributed by atoms with Crippen LogP contribution in [0.1, 0.15) is 30.5 Å². The molecule has 0 spiro atoms. The van der Waals surface area contributed by atoms with Gasteiger partial charge in [-0.25, -0.2) is 9.97 Å². The Morgan fingerprint density at radius 1 is 0.543 bits per heavy atom. The molecule has 0 fully saturated rings. The van der Waals surface area contributed by atoms with Crippen LogP contribution in [0.25, 0.3) is 55.8 Å². The van der Waals surface area contributed by atoms with Gasteiger partial charge < -0.3 is 0 Å². The van der Waals surface area contributed by atoms with Crippen LogP contribution in [-0.2, 0) is 5.41 Å². The first kappa shape index (κ1) is 28.0. The molecule has 0 unspecified atom stereocenters. The van der Waals surface area contributed by atoms with Crippen molar-refractivity contribution in [2.75, 3.05) is 0 Å². The maximum atomic E-state index is 9.60. The van der Waals surface area contributed by atoms with E-state index in [9.17, 15) is 5.26 Å². The fourth-order valence-corrected chi connectivity index (χ4v) is 7.83. The van der Waals surface area contributed by atoms with Gasteiger partial charge in [-0.3, -0.25) is 0 Å². The lowest BCUT2D eigenvalue weighted by atomic mass is 9.76. The van der Waals surface area contributed by atoms with Crippen LogP contribution in [-0.4, -0.2) is 9.97 Å². The zero-order chi connectivity index (χ0) is 31.3. The fraction of sp³-hybridized carbons (Fsp3) is 0.0714. The van der Waals surface area contributed by atoms with E-state index in [1.807, 2.05) is 30.3 Å². The fourth-order valence-electron chi connectivity index (χ4n) is 6.47. The molecule has 1 aliphatic heterocycles. The molecule has 7 aromatic rings. The molecule has 1 aliphatic rings. The molecule has 0 saturated carbocycles. The first-order chi connectivity index (χ1) is 22.5. The largest absolute Gasteiger partial charge is 0.228 e. The normalized spacial score (nSPS) is 13.1. The summed E-state index contributed by atoms with van der Waals surface area (Å²) in [7, 11) is 0. The Hall–Kier alpha value is -5.50. The van der Waals surface area contributed by atoms with Gasteiger partial charge in [0.05, 0.1) is 23.0 Å². The molecular weight excluding hydrogens is 579 g/mol. The van der Waals surface area contributed by atoms with Crippen molar-refractivity contribution in [1.82, 2.24) is 9.97 Å². The lowest BCUT2D eigenvalue weighted by Crippen LogP contribution is -2.24.